The predicted octanol–water partition coefficient (Wildman–Crippen LogP) is 2.28. The zero-order valence-electron chi connectivity index (χ0n) is 11.2. The van der Waals surface area contributed by atoms with Crippen molar-refractivity contribution in [1.82, 2.24) is 5.43 Å². The number of hydrogen-bond acceptors (Lipinski definition) is 2. The average molecular weight is 258 g/mol. The highest BCUT2D eigenvalue weighted by molar-refractivity contribution is 6.18. The lowest BCUT2D eigenvalue weighted by Crippen LogP contribution is -2.41. The fourth-order valence-electron chi connectivity index (χ4n) is 2.46. The van der Waals surface area contributed by atoms with Gasteiger partial charge in [-0.25, -0.2) is 5.01 Å². The van der Waals surface area contributed by atoms with Gasteiger partial charge in [0, 0.05) is 0 Å². The Morgan fingerprint density at radius 3 is 2.47 bits per heavy atom. The van der Waals surface area contributed by atoms with Gasteiger partial charge in [0.1, 0.15) is 5.41 Å². The van der Waals surface area contributed by atoms with E-state index in [1.54, 1.807) is 18.2 Å². The first-order valence-corrected chi connectivity index (χ1v) is 6.35. The lowest BCUT2D eigenvalue weighted by atomic mass is 9.74. The second-order valence-electron chi connectivity index (χ2n) is 5.04. The number of carbonyl (C=O) groups excluding carboxylic acids is 2. The van der Waals surface area contributed by atoms with Crippen LogP contribution in [0.3, 0.4) is 0 Å². The van der Waals surface area contributed by atoms with Crippen LogP contribution in [0.25, 0.3) is 0 Å². The molecule has 2 rings (SSSR count). The van der Waals surface area contributed by atoms with Gasteiger partial charge in [0.05, 0.1) is 5.69 Å². The van der Waals surface area contributed by atoms with Crippen LogP contribution >= 0.6 is 0 Å². The quantitative estimate of drug-likeness (QED) is 0.665. The number of allylic oxidation sites excluding steroid dienone is 1. The molecule has 1 aromatic carbocycles. The molecule has 2 amide bonds. The summed E-state index contributed by atoms with van der Waals surface area (Å²) in [4.78, 5) is 25.0. The molecule has 1 saturated heterocycles. The van der Waals surface area contributed by atoms with Gasteiger partial charge in [-0.05, 0) is 24.5 Å². The van der Waals surface area contributed by atoms with Crippen molar-refractivity contribution < 1.29 is 9.59 Å². The minimum atomic E-state index is -1.04. The van der Waals surface area contributed by atoms with Crippen molar-refractivity contribution in [1.29, 1.82) is 0 Å². The molecule has 1 unspecified atom stereocenters. The molecular weight excluding hydrogens is 240 g/mol. The molecular formula is C15H18N2O2. The van der Waals surface area contributed by atoms with Gasteiger partial charge in [0.25, 0.3) is 11.8 Å². The van der Waals surface area contributed by atoms with Gasteiger partial charge in [-0.2, -0.15) is 0 Å². The smallest absolute Gasteiger partial charge is 0.262 e. The minimum Gasteiger partial charge on any atom is -0.272 e. The van der Waals surface area contributed by atoms with E-state index in [-0.39, 0.29) is 17.7 Å². The Morgan fingerprint density at radius 2 is 1.95 bits per heavy atom. The Bertz CT molecular complexity index is 510. The molecule has 0 saturated carbocycles. The summed E-state index contributed by atoms with van der Waals surface area (Å²) in [5, 5.41) is 1.34. The number of carbonyl (C=O) groups is 2. The van der Waals surface area contributed by atoms with Crippen LogP contribution in [0.1, 0.15) is 20.3 Å². The van der Waals surface area contributed by atoms with Crippen molar-refractivity contribution in [3.05, 3.63) is 43.0 Å². The van der Waals surface area contributed by atoms with Crippen molar-refractivity contribution in [3.8, 4) is 0 Å². The van der Waals surface area contributed by atoms with Crippen LogP contribution in [0.2, 0.25) is 0 Å². The average Bonchev–Trinajstić information content (AvgIpc) is 2.65. The van der Waals surface area contributed by atoms with Gasteiger partial charge in [-0.1, -0.05) is 38.1 Å². The molecule has 19 heavy (non-hydrogen) atoms. The number of anilines is 1. The largest absolute Gasteiger partial charge is 0.272 e. The van der Waals surface area contributed by atoms with Gasteiger partial charge < -0.3 is 0 Å². The molecule has 0 bridgehead atoms. The van der Waals surface area contributed by atoms with Crippen molar-refractivity contribution in [2.24, 2.45) is 11.3 Å². The van der Waals surface area contributed by atoms with Crippen LogP contribution in [-0.2, 0) is 9.59 Å². The lowest BCUT2D eigenvalue weighted by molar-refractivity contribution is -0.138. The number of amides is 2. The second-order valence-corrected chi connectivity index (χ2v) is 5.04. The van der Waals surface area contributed by atoms with E-state index in [0.717, 1.165) is 0 Å². The first kappa shape index (κ1) is 13.3. The highest BCUT2D eigenvalue weighted by atomic mass is 16.2. The van der Waals surface area contributed by atoms with E-state index in [4.69, 9.17) is 0 Å². The molecule has 4 nitrogen and oxygen atoms in total. The SMILES string of the molecule is C=CCC1(C(C)C)C(=O)NN(c2ccccc2)C1=O. The Balaban J connectivity index is 2.42. The third kappa shape index (κ3) is 1.93. The normalized spacial score (nSPS) is 22.8. The van der Waals surface area contributed by atoms with Crippen LogP contribution in [0.15, 0.2) is 43.0 Å². The van der Waals surface area contributed by atoms with E-state index >= 15 is 0 Å². The second kappa shape index (κ2) is 4.88. The van der Waals surface area contributed by atoms with E-state index in [2.05, 4.69) is 12.0 Å². The van der Waals surface area contributed by atoms with E-state index in [1.807, 2.05) is 32.0 Å². The summed E-state index contributed by atoms with van der Waals surface area (Å²) in [5.41, 5.74) is 2.30. The molecule has 1 heterocycles. The molecule has 1 N–H and O–H groups in total. The van der Waals surface area contributed by atoms with Gasteiger partial charge in [-0.3, -0.25) is 15.0 Å². The van der Waals surface area contributed by atoms with Crippen LogP contribution in [0.4, 0.5) is 5.69 Å². The summed E-state index contributed by atoms with van der Waals surface area (Å²) < 4.78 is 0. The molecule has 0 aromatic heterocycles. The highest BCUT2D eigenvalue weighted by Crippen LogP contribution is 2.39. The molecule has 1 aliphatic rings. The molecule has 1 aliphatic heterocycles. The van der Waals surface area contributed by atoms with Gasteiger partial charge in [0.2, 0.25) is 0 Å². The molecule has 1 atom stereocenters. The summed E-state index contributed by atoms with van der Waals surface area (Å²) in [7, 11) is 0. The fourth-order valence-corrected chi connectivity index (χ4v) is 2.46. The first-order chi connectivity index (χ1) is 9.04. The van der Waals surface area contributed by atoms with E-state index in [1.165, 1.54) is 5.01 Å². The fraction of sp³-hybridized carbons (Fsp3) is 0.333. The maximum Gasteiger partial charge on any atom is 0.262 e. The van der Waals surface area contributed by atoms with Crippen LogP contribution in [0.5, 0.6) is 0 Å². The van der Waals surface area contributed by atoms with E-state index in [9.17, 15) is 9.59 Å². The number of benzene rings is 1. The summed E-state index contributed by atoms with van der Waals surface area (Å²) in [6.07, 6.45) is 1.98. The Hall–Kier alpha value is -2.10. The molecule has 4 heteroatoms. The van der Waals surface area contributed by atoms with Crippen LogP contribution in [0, 0.1) is 11.3 Å². The van der Waals surface area contributed by atoms with Crippen molar-refractivity contribution in [2.45, 2.75) is 20.3 Å². The van der Waals surface area contributed by atoms with Crippen LogP contribution in [-0.4, -0.2) is 11.8 Å². The Labute approximate surface area is 113 Å². The van der Waals surface area contributed by atoms with Crippen LogP contribution < -0.4 is 10.4 Å². The number of hydrazine groups is 1. The summed E-state index contributed by atoms with van der Waals surface area (Å²) in [6, 6.07) is 9.12. The molecule has 0 radical (unpaired) electrons. The molecule has 0 spiro atoms. The van der Waals surface area contributed by atoms with Gasteiger partial charge in [-0.15, -0.1) is 6.58 Å². The van der Waals surface area contributed by atoms with Crippen molar-refractivity contribution in [3.63, 3.8) is 0 Å². The van der Waals surface area contributed by atoms with Gasteiger partial charge in [0.15, 0.2) is 0 Å². The number of nitrogens with zero attached hydrogens (tertiary/aromatic N) is 1. The molecule has 1 fully saturated rings. The third-order valence-corrected chi connectivity index (χ3v) is 3.67. The minimum absolute atomic E-state index is 0.0910. The number of hydrogen-bond donors (Lipinski definition) is 1. The molecule has 1 aromatic rings. The summed E-state index contributed by atoms with van der Waals surface area (Å²) in [6.45, 7) is 7.44. The topological polar surface area (TPSA) is 49.4 Å². The maximum absolute atomic E-state index is 12.7. The predicted molar refractivity (Wildman–Crippen MR) is 74.2 cm³/mol. The Morgan fingerprint density at radius 1 is 1.32 bits per heavy atom. The molecule has 100 valence electrons. The zero-order chi connectivity index (χ0) is 14.0. The number of para-hydroxylation sites is 1. The number of rotatable bonds is 4. The van der Waals surface area contributed by atoms with Gasteiger partial charge >= 0.3 is 0 Å². The summed E-state index contributed by atoms with van der Waals surface area (Å²) in [5.74, 6) is -0.554. The van der Waals surface area contributed by atoms with Crippen molar-refractivity contribution >= 4 is 17.5 Å². The van der Waals surface area contributed by atoms with Crippen molar-refractivity contribution in [2.75, 3.05) is 5.01 Å². The zero-order valence-corrected chi connectivity index (χ0v) is 11.2. The number of nitrogens with one attached hydrogen (secondary N) is 1. The van der Waals surface area contributed by atoms with E-state index in [0.29, 0.717) is 12.1 Å². The Kier molecular flexibility index (Phi) is 3.42. The third-order valence-electron chi connectivity index (χ3n) is 3.67. The summed E-state index contributed by atoms with van der Waals surface area (Å²) >= 11 is 0. The first-order valence-electron chi connectivity index (χ1n) is 6.35. The maximum atomic E-state index is 12.7. The lowest BCUT2D eigenvalue weighted by Gasteiger charge is -2.26. The monoisotopic (exact) mass is 258 g/mol. The molecule has 0 aliphatic carbocycles. The van der Waals surface area contributed by atoms with E-state index < -0.39 is 5.41 Å². The highest BCUT2D eigenvalue weighted by Gasteiger charge is 2.55. The standard InChI is InChI=1S/C15H18N2O2/c1-4-10-15(11(2)3)13(18)16-17(14(15)19)12-8-6-5-7-9-12/h4-9,11H,1,10H2,2-3H3,(H,16,18).